The second kappa shape index (κ2) is 67.7. The van der Waals surface area contributed by atoms with Gasteiger partial charge in [0, 0.05) is 284 Å². The van der Waals surface area contributed by atoms with E-state index < -0.39 is 114 Å². The fourth-order valence-corrected chi connectivity index (χ4v) is 20.3. The normalized spacial score (nSPS) is 17.6. The second-order valence-corrected chi connectivity index (χ2v) is 40.2. The topological polar surface area (TPSA) is 542 Å². The Hall–Kier alpha value is -9.96. The number of amides is 10. The monoisotopic (exact) mass is 2090 g/mol. The highest BCUT2D eigenvalue weighted by Gasteiger charge is 2.40. The van der Waals surface area contributed by atoms with Gasteiger partial charge in [0.25, 0.3) is 0 Å². The van der Waals surface area contributed by atoms with E-state index in [1.807, 2.05) is 29.4 Å². The average Bonchev–Trinajstić information content (AvgIpc) is 0.994. The van der Waals surface area contributed by atoms with Gasteiger partial charge >= 0.3 is 46.9 Å². The maximum atomic E-state index is 14.8. The molecule has 6 rings (SSSR count). The Morgan fingerprint density at radius 1 is 0.326 bits per heavy atom. The Morgan fingerprint density at radius 2 is 0.535 bits per heavy atom. The molecule has 8 atom stereocenters. The van der Waals surface area contributed by atoms with Crippen LogP contribution in [0.5, 0.6) is 0 Å². The average molecular weight is 2090 g/mol. The van der Waals surface area contributed by atoms with Gasteiger partial charge in [0.15, 0.2) is 0 Å². The van der Waals surface area contributed by atoms with E-state index in [2.05, 4.69) is 46.3 Å². The van der Waals surface area contributed by atoms with E-state index in [0.717, 1.165) is 13.7 Å². The van der Waals surface area contributed by atoms with E-state index >= 15 is 0 Å². The van der Waals surface area contributed by atoms with Crippen molar-refractivity contribution in [2.24, 2.45) is 29.6 Å². The Balaban J connectivity index is 1.10. The number of nitrogens with zero attached hydrogens (tertiary/aromatic N) is 14. The summed E-state index contributed by atoms with van der Waals surface area (Å²) in [5.41, 5.74) is -3.34. The fourth-order valence-electron chi connectivity index (χ4n) is 17.5. The molecule has 8 N–H and O–H groups in total. The molecule has 810 valence electrons. The van der Waals surface area contributed by atoms with Gasteiger partial charge in [-0.25, -0.2) is 28.1 Å². The van der Waals surface area contributed by atoms with Crippen molar-refractivity contribution < 1.29 is 116 Å². The molecule has 46 nitrogen and oxygen atoms in total. The third kappa shape index (κ3) is 45.2. The minimum Gasteiger partial charge on any atom is -0.469 e. The van der Waals surface area contributed by atoms with Crippen LogP contribution in [0.1, 0.15) is 96.8 Å². The molecule has 8 unspecified atom stereocenters. The van der Waals surface area contributed by atoms with Gasteiger partial charge in [-0.2, -0.15) is 35.3 Å². The van der Waals surface area contributed by atoms with E-state index in [-0.39, 0.29) is 293 Å². The van der Waals surface area contributed by atoms with Crippen LogP contribution in [-0.2, 0) is 120 Å². The number of nitrogens with one attached hydrogen (secondary N) is 5. The molecule has 1 aromatic heterocycles. The van der Waals surface area contributed by atoms with E-state index in [4.69, 9.17) is 23.7 Å². The fraction of sp³-hybridized carbons (Fsp3) is 0.737. The van der Waals surface area contributed by atoms with Gasteiger partial charge in [0.2, 0.25) is 59.1 Å². The van der Waals surface area contributed by atoms with Gasteiger partial charge in [0.1, 0.15) is 5.78 Å². The van der Waals surface area contributed by atoms with Crippen molar-refractivity contribution in [1.82, 2.24) is 94.2 Å². The number of carbonyl (C=O) groups excluding carboxylic acids is 16. The minimum absolute atomic E-state index is 0.00403. The zero-order chi connectivity index (χ0) is 106. The standard InChI is InChI=1S/C95H155N19O27S3/c1-10-27-104(30-13-47-142-50-44-101(33-16-69(4)115)34-17-78(119)96-22-39-107-58-70(53-83(107)124)88(129)137-5)63-75(116)66-112-93(134)113(67-76(117)64-105(28-11-2)31-14-48-143-51-45-102(35-18-79(120)97-23-40-108-59-71(54-84(108)125)89(130)138-6)36-19-80(121)98-24-41-109-60-72(55-85(109)126)90(131)139-7)95(136)114(94(112)135)68-77(118)65-106(29-12-3)32-15-49-144-52-46-103(37-20-81(122)99-25-42-110-61-73(56-86(110)127)91(132)140-8)38-21-82(123)100-26-43-111-62-74(57-87(111)128)92(133)141-9/h10-12,70-77,116-118H,1-3,13-68H2,4-9H3,(H,96,119)(H,97,120)(H,98,121)(H,99,122)(H,100,123). The molecule has 0 aliphatic carbocycles. The van der Waals surface area contributed by atoms with Crippen molar-refractivity contribution in [2.45, 2.75) is 135 Å². The Morgan fingerprint density at radius 3 is 0.729 bits per heavy atom. The Labute approximate surface area is 855 Å². The summed E-state index contributed by atoms with van der Waals surface area (Å²) < 4.78 is 26.2. The van der Waals surface area contributed by atoms with Crippen molar-refractivity contribution in [1.29, 1.82) is 0 Å². The summed E-state index contributed by atoms with van der Waals surface area (Å²) in [7, 11) is 6.30. The van der Waals surface area contributed by atoms with Crippen LogP contribution >= 0.6 is 35.3 Å². The first-order valence-electron chi connectivity index (χ1n) is 49.5. The molecule has 0 aromatic carbocycles. The molecule has 5 aliphatic rings. The van der Waals surface area contributed by atoms with Crippen LogP contribution < -0.4 is 43.7 Å². The highest BCUT2D eigenvalue weighted by molar-refractivity contribution is 7.99. The number of ether oxygens (including phenoxy) is 5. The first-order valence-corrected chi connectivity index (χ1v) is 53.0. The van der Waals surface area contributed by atoms with Crippen LogP contribution in [0.3, 0.4) is 0 Å². The molecule has 10 amide bonds. The van der Waals surface area contributed by atoms with Crippen LogP contribution in [0.2, 0.25) is 0 Å². The van der Waals surface area contributed by atoms with E-state index in [1.54, 1.807) is 53.5 Å². The van der Waals surface area contributed by atoms with Gasteiger partial charge in [-0.15, -0.1) is 19.7 Å². The van der Waals surface area contributed by atoms with Gasteiger partial charge < -0.3 is 105 Å². The number of hydrogen-bond donors (Lipinski definition) is 8. The van der Waals surface area contributed by atoms with Crippen molar-refractivity contribution >= 4 is 130 Å². The lowest BCUT2D eigenvalue weighted by atomic mass is 10.1. The molecular weight excluding hydrogens is 1940 g/mol. The van der Waals surface area contributed by atoms with E-state index in [0.29, 0.717) is 113 Å². The molecule has 144 heavy (non-hydrogen) atoms. The minimum atomic E-state index is -1.41. The van der Waals surface area contributed by atoms with Crippen LogP contribution in [0.15, 0.2) is 52.3 Å². The predicted molar refractivity (Wildman–Crippen MR) is 539 cm³/mol. The summed E-state index contributed by atoms with van der Waals surface area (Å²) in [5.74, 6) is -4.08. The molecule has 0 spiro atoms. The summed E-state index contributed by atoms with van der Waals surface area (Å²) in [4.78, 5) is 265. The third-order valence-electron chi connectivity index (χ3n) is 25.4. The van der Waals surface area contributed by atoms with Gasteiger partial charge in [0.05, 0.1) is 103 Å². The first kappa shape index (κ1) is 123. The molecular formula is C95H155N19O27S3. The summed E-state index contributed by atoms with van der Waals surface area (Å²) in [5, 5.41) is 50.1. The smallest absolute Gasteiger partial charge is 0.336 e. The quantitative estimate of drug-likeness (QED) is 0.0132. The molecule has 0 saturated carbocycles. The summed E-state index contributed by atoms with van der Waals surface area (Å²) in [6, 6.07) is 0. The van der Waals surface area contributed by atoms with Crippen molar-refractivity contribution in [2.75, 3.05) is 286 Å². The number of aliphatic hydroxyl groups is 3. The highest BCUT2D eigenvalue weighted by atomic mass is 32.2. The first-order chi connectivity index (χ1) is 69.0. The van der Waals surface area contributed by atoms with Crippen molar-refractivity contribution in [3.8, 4) is 0 Å². The number of hydrogen-bond acceptors (Lipinski definition) is 36. The number of carbonyl (C=O) groups is 16. The number of aliphatic hydroxyl groups excluding tert-OH is 3. The molecule has 49 heteroatoms. The molecule has 5 saturated heterocycles. The van der Waals surface area contributed by atoms with Crippen molar-refractivity contribution in [3.05, 3.63) is 69.4 Å². The lowest BCUT2D eigenvalue weighted by molar-refractivity contribution is -0.145. The molecule has 0 bridgehead atoms. The number of ketones is 1. The molecule has 5 fully saturated rings. The summed E-state index contributed by atoms with van der Waals surface area (Å²) in [6.45, 7) is 19.5. The lowest BCUT2D eigenvalue weighted by Crippen LogP contribution is -2.58. The second-order valence-electron chi connectivity index (χ2n) is 36.5. The zero-order valence-corrected chi connectivity index (χ0v) is 87.1. The van der Waals surface area contributed by atoms with Crippen LogP contribution in [0.4, 0.5) is 0 Å². The number of esters is 5. The van der Waals surface area contributed by atoms with Gasteiger partial charge in [-0.3, -0.25) is 91.4 Å². The maximum Gasteiger partial charge on any atom is 0.336 e. The number of Topliss-reactive ketones (excluding diaryl/α,β-unsaturated/α-hetero) is 1. The van der Waals surface area contributed by atoms with Crippen LogP contribution in [0.25, 0.3) is 0 Å². The van der Waals surface area contributed by atoms with Crippen LogP contribution in [0, 0.1) is 29.6 Å². The largest absolute Gasteiger partial charge is 0.469 e. The van der Waals surface area contributed by atoms with E-state index in [9.17, 15) is 106 Å². The van der Waals surface area contributed by atoms with Gasteiger partial charge in [-0.05, 0) is 63.1 Å². The lowest BCUT2D eigenvalue weighted by Gasteiger charge is -2.26. The number of aromatic nitrogens is 3. The SMILES string of the molecule is C=CCN(CCCSCCN(CCC(C)=O)CCC(=O)NCCN1CC(C(=O)OC)CC1=O)CC(O)Cn1c(=O)n(CC(O)CN(CC=C)CCCSCCN(CCC(=O)NCCN2CC(C(=O)OC)CC2=O)CCC(=O)NCCN2CC(C(=O)OC)CC2=O)c(=O)n(CC(O)CN(CC=C)CCCSCCN(CCC(=O)NCCN2CC(C(=O)OC)CC2=O)CCC(=O)NCCN2CC(C(=O)OC)CC2=O)c1=O. The number of rotatable bonds is 77. The predicted octanol–water partition coefficient (Wildman–Crippen LogP) is -4.39. The summed E-state index contributed by atoms with van der Waals surface area (Å²) >= 11 is 4.85. The molecule has 6 heterocycles. The Bertz CT molecular complexity index is 4230. The molecule has 5 aliphatic heterocycles. The highest BCUT2D eigenvalue weighted by Crippen LogP contribution is 2.24. The zero-order valence-electron chi connectivity index (χ0n) is 84.7. The number of methoxy groups -OCH3 is 5. The molecule has 1 aromatic rings. The maximum absolute atomic E-state index is 14.8. The van der Waals surface area contributed by atoms with Gasteiger partial charge in [-0.1, -0.05) is 18.2 Å². The number of likely N-dealkylation sites (tertiary alicyclic amines) is 5. The van der Waals surface area contributed by atoms with Crippen LogP contribution in [-0.4, -0.2) is 482 Å². The number of thioether (sulfide) groups is 3. The van der Waals surface area contributed by atoms with E-state index in [1.165, 1.54) is 67.0 Å². The molecule has 0 radical (unpaired) electrons. The summed E-state index contributed by atoms with van der Waals surface area (Å²) in [6.07, 6.45) is 3.29. The third-order valence-corrected chi connectivity index (χ3v) is 28.5. The van der Waals surface area contributed by atoms with Crippen molar-refractivity contribution in [3.63, 3.8) is 0 Å². The Kier molecular flexibility index (Phi) is 57.7.